The van der Waals surface area contributed by atoms with Gasteiger partial charge in [-0.3, -0.25) is 19.4 Å². The van der Waals surface area contributed by atoms with Gasteiger partial charge < -0.3 is 9.33 Å². The average molecular weight is 573 g/mol. The van der Waals surface area contributed by atoms with Crippen LogP contribution in [0.15, 0.2) is 40.5 Å². The Hall–Kier alpha value is -2.54. The Morgan fingerprint density at radius 3 is 2.62 bits per heavy atom. The number of hydrogen-bond acceptors (Lipinski definition) is 7. The zero-order valence-electron chi connectivity index (χ0n) is 24.0. The first-order valence-corrected chi connectivity index (χ1v) is 18.0. The number of aliphatic imine (C=N–C) groups is 1. The molecule has 12 heteroatoms. The molecule has 2 aromatic rings. The predicted molar refractivity (Wildman–Crippen MR) is 154 cm³/mol. The minimum absolute atomic E-state index is 0.0514. The maximum Gasteiger partial charge on any atom is 0.263 e. The van der Waals surface area contributed by atoms with E-state index in [4.69, 9.17) is 4.43 Å². The molecule has 2 aliphatic heterocycles. The van der Waals surface area contributed by atoms with E-state index in [2.05, 4.69) is 55.6 Å². The highest BCUT2D eigenvalue weighted by molar-refractivity contribution is 7.89. The molecule has 1 saturated carbocycles. The number of anilines is 1. The van der Waals surface area contributed by atoms with Crippen molar-refractivity contribution in [3.05, 3.63) is 41.7 Å². The van der Waals surface area contributed by atoms with Crippen LogP contribution >= 0.6 is 0 Å². The first kappa shape index (κ1) is 28.0. The summed E-state index contributed by atoms with van der Waals surface area (Å²) >= 11 is 0. The van der Waals surface area contributed by atoms with Crippen molar-refractivity contribution in [2.24, 2.45) is 4.99 Å². The van der Waals surface area contributed by atoms with Crippen LogP contribution in [0.4, 0.5) is 5.69 Å². The number of hydrogen-bond donors (Lipinski definition) is 1. The molecule has 1 amide bonds. The smallest absolute Gasteiger partial charge is 0.263 e. The summed E-state index contributed by atoms with van der Waals surface area (Å²) in [6.07, 6.45) is 5.32. The number of guanidine groups is 1. The summed E-state index contributed by atoms with van der Waals surface area (Å²) in [5.74, 6) is 0.325. The van der Waals surface area contributed by atoms with Crippen LogP contribution in [0.3, 0.4) is 0 Å². The third-order valence-electron chi connectivity index (χ3n) is 8.41. The molecule has 3 heterocycles. The number of sulfonamides is 1. The van der Waals surface area contributed by atoms with Crippen LogP contribution in [0.2, 0.25) is 18.1 Å². The molecule has 1 aliphatic carbocycles. The Morgan fingerprint density at radius 2 is 1.95 bits per heavy atom. The molecule has 0 spiro atoms. The minimum Gasteiger partial charge on any atom is -0.415 e. The van der Waals surface area contributed by atoms with Crippen LogP contribution in [-0.2, 0) is 27.5 Å². The molecule has 0 unspecified atom stereocenters. The fourth-order valence-electron chi connectivity index (χ4n) is 4.65. The van der Waals surface area contributed by atoms with Gasteiger partial charge in [-0.2, -0.15) is 5.10 Å². The molecule has 1 atom stereocenters. The highest BCUT2D eigenvalue weighted by Crippen LogP contribution is 2.39. The molecule has 1 N–H and O–H groups in total. The van der Waals surface area contributed by atoms with Gasteiger partial charge in [-0.1, -0.05) is 20.8 Å². The van der Waals surface area contributed by atoms with Gasteiger partial charge in [0.25, 0.3) is 5.91 Å². The Labute approximate surface area is 232 Å². The van der Waals surface area contributed by atoms with Crippen LogP contribution in [0.5, 0.6) is 0 Å². The summed E-state index contributed by atoms with van der Waals surface area (Å²) in [6.45, 7) is 17.1. The standard InChI is InChI=1S/C27H40N6O4SSi/c1-19-15-28-25-32(18-20-16-29-31(17-20)12-13-37-39(6,7)26(2,3)4)24(34)22-14-21(8-9-23(22)33(19)25)38(35,36)30-27(5)10-11-27/h8-9,14,16-17,19,30H,10-13,15,18H2,1-7H3/t19-/m1/s1. The number of benzene rings is 1. The lowest BCUT2D eigenvalue weighted by Gasteiger charge is -2.38. The Balaban J connectivity index is 1.35. The summed E-state index contributed by atoms with van der Waals surface area (Å²) in [5.41, 5.74) is 1.52. The van der Waals surface area contributed by atoms with Gasteiger partial charge in [0.2, 0.25) is 16.0 Å². The van der Waals surface area contributed by atoms with Crippen molar-refractivity contribution in [3.8, 4) is 0 Å². The van der Waals surface area contributed by atoms with Gasteiger partial charge >= 0.3 is 0 Å². The Bertz CT molecular complexity index is 1420. The molecule has 1 aromatic carbocycles. The summed E-state index contributed by atoms with van der Waals surface area (Å²) in [6, 6.07) is 4.86. The lowest BCUT2D eigenvalue weighted by molar-refractivity contribution is 0.0832. The maximum absolute atomic E-state index is 13.8. The van der Waals surface area contributed by atoms with E-state index in [1.165, 1.54) is 6.07 Å². The second-order valence-corrected chi connectivity index (χ2v) is 19.3. The van der Waals surface area contributed by atoms with Gasteiger partial charge in [0.1, 0.15) is 0 Å². The second kappa shape index (κ2) is 9.53. The molecule has 212 valence electrons. The van der Waals surface area contributed by atoms with Crippen molar-refractivity contribution in [1.82, 2.24) is 19.4 Å². The van der Waals surface area contributed by atoms with Crippen molar-refractivity contribution < 1.29 is 17.6 Å². The van der Waals surface area contributed by atoms with Crippen LogP contribution in [-0.4, -0.2) is 68.0 Å². The van der Waals surface area contributed by atoms with Crippen molar-refractivity contribution >= 4 is 35.9 Å². The van der Waals surface area contributed by atoms with Gasteiger partial charge in [-0.25, -0.2) is 13.1 Å². The fourth-order valence-corrected chi connectivity index (χ4v) is 7.17. The van der Waals surface area contributed by atoms with E-state index in [1.54, 1.807) is 23.2 Å². The predicted octanol–water partition coefficient (Wildman–Crippen LogP) is 3.96. The van der Waals surface area contributed by atoms with Crippen LogP contribution in [0, 0.1) is 0 Å². The molecule has 39 heavy (non-hydrogen) atoms. The van der Waals surface area contributed by atoms with Crippen molar-refractivity contribution in [1.29, 1.82) is 0 Å². The van der Waals surface area contributed by atoms with Crippen LogP contribution in [0.1, 0.15) is 63.4 Å². The van der Waals surface area contributed by atoms with Gasteiger partial charge in [-0.15, -0.1) is 0 Å². The highest BCUT2D eigenvalue weighted by Gasteiger charge is 2.43. The number of rotatable bonds is 9. The van der Waals surface area contributed by atoms with Gasteiger partial charge in [0.05, 0.1) is 54.6 Å². The Morgan fingerprint density at radius 1 is 1.23 bits per heavy atom. The number of nitrogens with zero attached hydrogens (tertiary/aromatic N) is 5. The summed E-state index contributed by atoms with van der Waals surface area (Å²) in [7, 11) is -5.58. The van der Waals surface area contributed by atoms with E-state index in [0.717, 1.165) is 18.4 Å². The normalized spacial score (nSPS) is 20.6. The first-order valence-electron chi connectivity index (χ1n) is 13.6. The zero-order valence-corrected chi connectivity index (χ0v) is 25.8. The lowest BCUT2D eigenvalue weighted by Crippen LogP contribution is -2.52. The molecule has 0 saturated heterocycles. The van der Waals surface area contributed by atoms with Gasteiger partial charge in [-0.05, 0) is 63.0 Å². The molecule has 1 aromatic heterocycles. The van der Waals surface area contributed by atoms with Crippen LogP contribution in [0.25, 0.3) is 0 Å². The molecule has 3 aliphatic rings. The second-order valence-electron chi connectivity index (χ2n) is 12.8. The number of amides is 1. The maximum atomic E-state index is 13.8. The van der Waals surface area contributed by atoms with E-state index < -0.39 is 23.9 Å². The molecule has 1 fully saturated rings. The lowest BCUT2D eigenvalue weighted by atomic mass is 10.1. The van der Waals surface area contributed by atoms with Crippen molar-refractivity contribution in [2.45, 2.75) is 95.2 Å². The summed E-state index contributed by atoms with van der Waals surface area (Å²) < 4.78 is 37.0. The number of aromatic nitrogens is 2. The number of carbonyl (C=O) groups is 1. The SMILES string of the molecule is C[C@@H]1CN=C2N(Cc3cnn(CCO[Si](C)(C)C(C)(C)C)c3)C(=O)c3cc(S(=O)(=O)NC4(C)CC4)ccc3N21. The molecular formula is C27H40N6O4SSi. The third kappa shape index (κ3) is 5.43. The number of carbonyl (C=O) groups excluding carboxylic acids is 1. The first-order chi connectivity index (χ1) is 18.1. The van der Waals surface area contributed by atoms with E-state index >= 15 is 0 Å². The molecule has 5 rings (SSSR count). The fraction of sp³-hybridized carbons (Fsp3) is 0.593. The molecular weight excluding hydrogens is 532 g/mol. The van der Waals surface area contributed by atoms with Gasteiger partial charge in [0, 0.05) is 17.3 Å². The minimum atomic E-state index is -3.74. The van der Waals surface area contributed by atoms with Crippen molar-refractivity contribution in [3.63, 3.8) is 0 Å². The zero-order chi connectivity index (χ0) is 28.4. The van der Waals surface area contributed by atoms with Crippen molar-refractivity contribution in [2.75, 3.05) is 18.1 Å². The number of fused-ring (bicyclic) bond motifs is 3. The van der Waals surface area contributed by atoms with E-state index in [0.29, 0.717) is 36.9 Å². The van der Waals surface area contributed by atoms with Gasteiger partial charge in [0.15, 0.2) is 8.32 Å². The topological polar surface area (TPSA) is 109 Å². The third-order valence-corrected chi connectivity index (χ3v) is 14.6. The van der Waals surface area contributed by atoms with Crippen LogP contribution < -0.4 is 9.62 Å². The highest BCUT2D eigenvalue weighted by atomic mass is 32.2. The summed E-state index contributed by atoms with van der Waals surface area (Å²) in [5, 5.41) is 4.63. The molecule has 10 nitrogen and oxygen atoms in total. The van der Waals surface area contributed by atoms with E-state index in [-0.39, 0.29) is 28.4 Å². The molecule has 0 radical (unpaired) electrons. The molecule has 0 bridgehead atoms. The van der Waals surface area contributed by atoms with E-state index in [1.807, 2.05) is 22.7 Å². The monoisotopic (exact) mass is 572 g/mol. The Kier molecular flexibility index (Phi) is 6.84. The van der Waals surface area contributed by atoms with E-state index in [9.17, 15) is 13.2 Å². The average Bonchev–Trinajstić information content (AvgIpc) is 3.21. The largest absolute Gasteiger partial charge is 0.415 e. The quantitative estimate of drug-likeness (QED) is 0.456. The number of nitrogens with one attached hydrogen (secondary N) is 1. The summed E-state index contributed by atoms with van der Waals surface area (Å²) in [4.78, 5) is 22.2.